The van der Waals surface area contributed by atoms with E-state index in [-0.39, 0.29) is 13.0 Å². The van der Waals surface area contributed by atoms with E-state index in [0.717, 1.165) is 0 Å². The highest BCUT2D eigenvalue weighted by Gasteiger charge is 2.43. The Morgan fingerprint density at radius 3 is 2.72 bits per heavy atom. The number of rotatable bonds is 5. The van der Waals surface area contributed by atoms with Gasteiger partial charge in [-0.05, 0) is 12.8 Å². The average molecular weight is 274 g/mol. The number of methoxy groups -OCH3 is 1. The third-order valence-corrected chi connectivity index (χ3v) is 5.69. The molecule has 1 aliphatic carbocycles. The lowest BCUT2D eigenvalue weighted by Crippen LogP contribution is -2.40. The fraction of sp³-hybridized carbons (Fsp3) is 0.818. The number of sulfonamides is 1. The molecule has 0 radical (unpaired) electrons. The molecule has 0 bridgehead atoms. The molecule has 1 saturated carbocycles. The van der Waals surface area contributed by atoms with Gasteiger partial charge in [0.2, 0.25) is 10.0 Å². The van der Waals surface area contributed by atoms with Gasteiger partial charge in [0.1, 0.15) is 0 Å². The zero-order valence-corrected chi connectivity index (χ0v) is 11.4. The van der Waals surface area contributed by atoms with Crippen LogP contribution in [0.1, 0.15) is 25.7 Å². The van der Waals surface area contributed by atoms with Crippen molar-refractivity contribution >= 4 is 16.0 Å². The SMILES string of the molecule is COC(=O)C1CCCC1S(=O)(=O)N(C)CCC#N. The molecular weight excluding hydrogens is 256 g/mol. The lowest BCUT2D eigenvalue weighted by Gasteiger charge is -2.24. The lowest BCUT2D eigenvalue weighted by molar-refractivity contribution is -0.145. The molecule has 2 unspecified atom stereocenters. The molecule has 2 atom stereocenters. The van der Waals surface area contributed by atoms with E-state index < -0.39 is 27.2 Å². The van der Waals surface area contributed by atoms with Gasteiger partial charge in [0.25, 0.3) is 0 Å². The van der Waals surface area contributed by atoms with Crippen LogP contribution in [0, 0.1) is 17.2 Å². The molecule has 0 spiro atoms. The van der Waals surface area contributed by atoms with Gasteiger partial charge in [0.15, 0.2) is 0 Å². The highest BCUT2D eigenvalue weighted by molar-refractivity contribution is 7.89. The van der Waals surface area contributed by atoms with Crippen molar-refractivity contribution in [3.05, 3.63) is 0 Å². The molecule has 1 fully saturated rings. The summed E-state index contributed by atoms with van der Waals surface area (Å²) >= 11 is 0. The van der Waals surface area contributed by atoms with E-state index in [9.17, 15) is 13.2 Å². The summed E-state index contributed by atoms with van der Waals surface area (Å²) in [5.74, 6) is -1.04. The summed E-state index contributed by atoms with van der Waals surface area (Å²) in [7, 11) is -0.822. The number of carbonyl (C=O) groups excluding carboxylic acids is 1. The number of ether oxygens (including phenoxy) is 1. The fourth-order valence-electron chi connectivity index (χ4n) is 2.27. The number of hydrogen-bond acceptors (Lipinski definition) is 5. The van der Waals surface area contributed by atoms with E-state index in [4.69, 9.17) is 5.26 Å². The number of nitrogens with zero attached hydrogens (tertiary/aromatic N) is 2. The number of carbonyl (C=O) groups is 1. The average Bonchev–Trinajstić information content (AvgIpc) is 2.84. The molecule has 0 aromatic heterocycles. The summed E-state index contributed by atoms with van der Waals surface area (Å²) in [4.78, 5) is 11.6. The van der Waals surface area contributed by atoms with E-state index in [0.29, 0.717) is 19.3 Å². The van der Waals surface area contributed by atoms with E-state index in [1.165, 1.54) is 18.5 Å². The highest BCUT2D eigenvalue weighted by Crippen LogP contribution is 2.33. The van der Waals surface area contributed by atoms with Gasteiger partial charge < -0.3 is 4.74 Å². The Labute approximate surface area is 108 Å². The molecule has 0 aromatic carbocycles. The summed E-state index contributed by atoms with van der Waals surface area (Å²) in [5.41, 5.74) is 0. The van der Waals surface area contributed by atoms with E-state index >= 15 is 0 Å². The Kier molecular flexibility index (Phi) is 5.11. The maximum atomic E-state index is 12.3. The van der Waals surface area contributed by atoms with Gasteiger partial charge in [-0.15, -0.1) is 0 Å². The minimum absolute atomic E-state index is 0.144. The predicted molar refractivity (Wildman–Crippen MR) is 64.9 cm³/mol. The Morgan fingerprint density at radius 2 is 2.17 bits per heavy atom. The Bertz CT molecular complexity index is 440. The third kappa shape index (κ3) is 3.00. The third-order valence-electron chi connectivity index (χ3n) is 3.31. The minimum Gasteiger partial charge on any atom is -0.469 e. The van der Waals surface area contributed by atoms with Crippen LogP contribution in [0.25, 0.3) is 0 Å². The van der Waals surface area contributed by atoms with E-state index in [2.05, 4.69) is 4.74 Å². The van der Waals surface area contributed by atoms with Crippen LogP contribution >= 0.6 is 0 Å². The second kappa shape index (κ2) is 6.16. The van der Waals surface area contributed by atoms with Crippen molar-refractivity contribution in [1.82, 2.24) is 4.31 Å². The highest BCUT2D eigenvalue weighted by atomic mass is 32.2. The van der Waals surface area contributed by atoms with Crippen molar-refractivity contribution in [1.29, 1.82) is 5.26 Å². The quantitative estimate of drug-likeness (QED) is 0.681. The normalized spacial score (nSPS) is 23.9. The van der Waals surface area contributed by atoms with Gasteiger partial charge >= 0.3 is 5.97 Å². The van der Waals surface area contributed by atoms with Gasteiger partial charge in [0, 0.05) is 20.0 Å². The Morgan fingerprint density at radius 1 is 1.50 bits per heavy atom. The van der Waals surface area contributed by atoms with Crippen molar-refractivity contribution in [3.63, 3.8) is 0 Å². The molecule has 7 heteroatoms. The van der Waals surface area contributed by atoms with Crippen LogP contribution in [0.5, 0.6) is 0 Å². The van der Waals surface area contributed by atoms with Crippen LogP contribution in [0.2, 0.25) is 0 Å². The van der Waals surface area contributed by atoms with Crippen LogP contribution in [0.4, 0.5) is 0 Å². The first kappa shape index (κ1) is 14.9. The van der Waals surface area contributed by atoms with Crippen LogP contribution in [0.3, 0.4) is 0 Å². The molecule has 0 aromatic rings. The largest absolute Gasteiger partial charge is 0.469 e. The first-order chi connectivity index (χ1) is 8.45. The molecule has 0 N–H and O–H groups in total. The van der Waals surface area contributed by atoms with Crippen molar-refractivity contribution in [2.45, 2.75) is 30.9 Å². The number of esters is 1. The summed E-state index contributed by atoms with van der Waals surface area (Å²) < 4.78 is 30.4. The molecule has 102 valence electrons. The second-order valence-corrected chi connectivity index (χ2v) is 6.63. The Hall–Kier alpha value is -1.13. The van der Waals surface area contributed by atoms with E-state index in [1.807, 2.05) is 6.07 Å². The summed E-state index contributed by atoms with van der Waals surface area (Å²) in [6.07, 6.45) is 1.86. The topological polar surface area (TPSA) is 87.5 Å². The monoisotopic (exact) mass is 274 g/mol. The lowest BCUT2D eigenvalue weighted by atomic mass is 10.1. The van der Waals surface area contributed by atoms with Crippen LogP contribution in [-0.2, 0) is 19.6 Å². The van der Waals surface area contributed by atoms with Gasteiger partial charge in [-0.25, -0.2) is 12.7 Å². The smallest absolute Gasteiger partial charge is 0.310 e. The second-order valence-electron chi connectivity index (χ2n) is 4.37. The van der Waals surface area contributed by atoms with Gasteiger partial charge in [-0.1, -0.05) is 6.42 Å². The molecule has 1 aliphatic rings. The first-order valence-electron chi connectivity index (χ1n) is 5.85. The van der Waals surface area contributed by atoms with Gasteiger partial charge in [-0.2, -0.15) is 5.26 Å². The van der Waals surface area contributed by atoms with Gasteiger partial charge in [0.05, 0.1) is 24.3 Å². The molecule has 0 heterocycles. The summed E-state index contributed by atoms with van der Waals surface area (Å²) in [6.45, 7) is 0.156. The molecular formula is C11H18N2O4S. The van der Waals surface area contributed by atoms with Crippen molar-refractivity contribution in [2.24, 2.45) is 5.92 Å². The van der Waals surface area contributed by atoms with Gasteiger partial charge in [-0.3, -0.25) is 4.79 Å². The van der Waals surface area contributed by atoms with Crippen molar-refractivity contribution in [2.75, 3.05) is 20.7 Å². The molecule has 0 aliphatic heterocycles. The zero-order valence-electron chi connectivity index (χ0n) is 10.6. The first-order valence-corrected chi connectivity index (χ1v) is 7.35. The molecule has 6 nitrogen and oxygen atoms in total. The summed E-state index contributed by atoms with van der Waals surface area (Å²) in [5, 5.41) is 7.76. The number of hydrogen-bond donors (Lipinski definition) is 0. The summed E-state index contributed by atoms with van der Waals surface area (Å²) in [6, 6.07) is 1.91. The minimum atomic E-state index is -3.53. The predicted octanol–water partition coefficient (Wildman–Crippen LogP) is 0.503. The van der Waals surface area contributed by atoms with Crippen LogP contribution in [-0.4, -0.2) is 44.6 Å². The van der Waals surface area contributed by atoms with Crippen LogP contribution < -0.4 is 0 Å². The molecule has 0 amide bonds. The maximum Gasteiger partial charge on any atom is 0.310 e. The van der Waals surface area contributed by atoms with Crippen LogP contribution in [0.15, 0.2) is 0 Å². The molecule has 0 saturated heterocycles. The Balaban J connectivity index is 2.84. The standard InChI is InChI=1S/C11H18N2O4S/c1-13(8-4-7-12)18(15,16)10-6-3-5-9(10)11(14)17-2/h9-10H,3-6,8H2,1-2H3. The fourth-order valence-corrected chi connectivity index (χ4v) is 4.20. The van der Waals surface area contributed by atoms with E-state index in [1.54, 1.807) is 0 Å². The van der Waals surface area contributed by atoms with Crippen molar-refractivity contribution < 1.29 is 17.9 Å². The number of nitriles is 1. The zero-order chi connectivity index (χ0) is 13.8. The maximum absolute atomic E-state index is 12.3. The molecule has 18 heavy (non-hydrogen) atoms. The molecule has 1 rings (SSSR count). The van der Waals surface area contributed by atoms with Crippen molar-refractivity contribution in [3.8, 4) is 6.07 Å².